The normalized spacial score (nSPS) is 27.0. The molecule has 0 unspecified atom stereocenters. The van der Waals surface area contributed by atoms with E-state index in [1.807, 2.05) is 17.9 Å². The quantitative estimate of drug-likeness (QED) is 0.884. The van der Waals surface area contributed by atoms with Crippen molar-refractivity contribution < 1.29 is 0 Å². The van der Waals surface area contributed by atoms with E-state index in [4.69, 9.17) is 0 Å². The van der Waals surface area contributed by atoms with Gasteiger partial charge >= 0.3 is 0 Å². The number of nitrogens with one attached hydrogen (secondary N) is 1. The van der Waals surface area contributed by atoms with E-state index in [9.17, 15) is 0 Å². The van der Waals surface area contributed by atoms with Crippen LogP contribution in [0.25, 0.3) is 0 Å². The van der Waals surface area contributed by atoms with Crippen LogP contribution < -0.4 is 5.32 Å². The van der Waals surface area contributed by atoms with E-state index in [0.717, 1.165) is 6.54 Å². The van der Waals surface area contributed by atoms with E-state index in [-0.39, 0.29) is 0 Å². The van der Waals surface area contributed by atoms with Crippen molar-refractivity contribution in [3.63, 3.8) is 0 Å². The van der Waals surface area contributed by atoms with Crippen LogP contribution in [0.3, 0.4) is 0 Å². The van der Waals surface area contributed by atoms with E-state index >= 15 is 0 Å². The van der Waals surface area contributed by atoms with E-state index in [1.165, 1.54) is 12.1 Å². The Hall–Kier alpha value is -0.870. The van der Waals surface area contributed by atoms with E-state index < -0.39 is 0 Å². The summed E-state index contributed by atoms with van der Waals surface area (Å²) >= 11 is 0. The number of aromatic nitrogens is 2. The van der Waals surface area contributed by atoms with Gasteiger partial charge in [-0.25, -0.2) is 0 Å². The molecule has 0 spiro atoms. The van der Waals surface area contributed by atoms with Gasteiger partial charge < -0.3 is 5.32 Å². The van der Waals surface area contributed by atoms with Crippen molar-refractivity contribution in [2.75, 3.05) is 13.1 Å². The number of nitrogens with zero attached hydrogens (tertiary/aromatic N) is 3. The summed E-state index contributed by atoms with van der Waals surface area (Å²) in [5.41, 5.74) is 1.27. The Bertz CT molecular complexity index is 385. The van der Waals surface area contributed by atoms with Crippen LogP contribution in [0.2, 0.25) is 0 Å². The third-order valence-corrected chi connectivity index (χ3v) is 4.06. The van der Waals surface area contributed by atoms with Crippen LogP contribution in [0.1, 0.15) is 39.3 Å². The first-order valence-electron chi connectivity index (χ1n) is 6.96. The molecule has 1 aliphatic rings. The van der Waals surface area contributed by atoms with Gasteiger partial charge in [-0.3, -0.25) is 9.58 Å². The summed E-state index contributed by atoms with van der Waals surface area (Å²) in [6.07, 6.45) is 4.05. The van der Waals surface area contributed by atoms with Crippen LogP contribution in [0.15, 0.2) is 12.4 Å². The van der Waals surface area contributed by atoms with E-state index in [0.29, 0.717) is 24.0 Å². The molecular weight excluding hydrogens is 224 g/mol. The predicted octanol–water partition coefficient (Wildman–Crippen LogP) is 1.80. The molecular formula is C14H26N4. The number of likely N-dealkylation sites (tertiary alicyclic amines) is 1. The molecule has 1 N–H and O–H groups in total. The third kappa shape index (κ3) is 2.93. The molecule has 2 rings (SSSR count). The lowest BCUT2D eigenvalue weighted by molar-refractivity contribution is 0.263. The monoisotopic (exact) mass is 250 g/mol. The van der Waals surface area contributed by atoms with E-state index in [1.54, 1.807) is 0 Å². The highest BCUT2D eigenvalue weighted by Gasteiger charge is 2.31. The van der Waals surface area contributed by atoms with E-state index in [2.05, 4.69) is 49.2 Å². The fourth-order valence-corrected chi connectivity index (χ4v) is 2.72. The topological polar surface area (TPSA) is 33.1 Å². The van der Waals surface area contributed by atoms with Gasteiger partial charge in [0.05, 0.1) is 6.20 Å². The molecule has 1 aromatic heterocycles. The van der Waals surface area contributed by atoms with Gasteiger partial charge in [-0.1, -0.05) is 6.92 Å². The van der Waals surface area contributed by atoms with Crippen LogP contribution in [0.4, 0.5) is 0 Å². The molecule has 3 atom stereocenters. The van der Waals surface area contributed by atoms with Gasteiger partial charge in [0.25, 0.3) is 0 Å². The number of aryl methyl sites for hydroxylation is 1. The summed E-state index contributed by atoms with van der Waals surface area (Å²) in [5.74, 6) is 0.714. The Morgan fingerprint density at radius 2 is 2.06 bits per heavy atom. The van der Waals surface area contributed by atoms with Gasteiger partial charge in [-0.05, 0) is 26.7 Å². The third-order valence-electron chi connectivity index (χ3n) is 4.06. The Kier molecular flexibility index (Phi) is 4.07. The molecule has 0 bridgehead atoms. The van der Waals surface area contributed by atoms with Gasteiger partial charge in [0, 0.05) is 50.0 Å². The zero-order valence-corrected chi connectivity index (χ0v) is 12.2. The maximum absolute atomic E-state index is 4.24. The number of hydrogen-bond donors (Lipinski definition) is 1. The molecule has 102 valence electrons. The molecule has 4 nitrogen and oxygen atoms in total. The zero-order chi connectivity index (χ0) is 13.3. The van der Waals surface area contributed by atoms with Gasteiger partial charge in [-0.15, -0.1) is 0 Å². The second-order valence-corrected chi connectivity index (χ2v) is 5.97. The molecule has 2 heterocycles. The molecule has 0 aliphatic carbocycles. The van der Waals surface area contributed by atoms with Crippen molar-refractivity contribution >= 4 is 0 Å². The lowest BCUT2D eigenvalue weighted by atomic mass is 10.0. The smallest absolute Gasteiger partial charge is 0.0537 e. The van der Waals surface area contributed by atoms with Gasteiger partial charge in [0.2, 0.25) is 0 Å². The van der Waals surface area contributed by atoms with Crippen molar-refractivity contribution in [3.05, 3.63) is 18.0 Å². The van der Waals surface area contributed by atoms with Crippen molar-refractivity contribution in [3.8, 4) is 0 Å². The van der Waals surface area contributed by atoms with Crippen LogP contribution in [-0.4, -0.2) is 39.9 Å². The van der Waals surface area contributed by atoms with Crippen molar-refractivity contribution in [1.29, 1.82) is 0 Å². The first kappa shape index (κ1) is 13.6. The maximum atomic E-state index is 4.24. The first-order chi connectivity index (χ1) is 8.47. The zero-order valence-electron chi connectivity index (χ0n) is 12.2. The molecule has 0 aromatic carbocycles. The van der Waals surface area contributed by atoms with Gasteiger partial charge in [0.1, 0.15) is 0 Å². The predicted molar refractivity (Wildman–Crippen MR) is 74.4 cm³/mol. The van der Waals surface area contributed by atoms with Gasteiger partial charge in [-0.2, -0.15) is 5.10 Å². The van der Waals surface area contributed by atoms with Crippen LogP contribution in [0.5, 0.6) is 0 Å². The Labute approximate surface area is 110 Å². The molecule has 18 heavy (non-hydrogen) atoms. The standard InChI is InChI=1S/C14H26N4/c1-10(2)18-7-11(3)14(9-18)16-12(4)13-6-15-17(5)8-13/h6,8,10-12,14,16H,7,9H2,1-5H3/t11-,12+,14+/m1/s1. The fourth-order valence-electron chi connectivity index (χ4n) is 2.72. The molecule has 0 amide bonds. The SMILES string of the molecule is CC(C)N1C[C@@H](C)[C@@H](N[C@@H](C)c2cnn(C)c2)C1. The number of hydrogen-bond acceptors (Lipinski definition) is 3. The molecule has 0 radical (unpaired) electrons. The lowest BCUT2D eigenvalue weighted by Crippen LogP contribution is -2.38. The molecule has 1 aromatic rings. The summed E-state index contributed by atoms with van der Waals surface area (Å²) in [4.78, 5) is 2.55. The van der Waals surface area contributed by atoms with Crippen LogP contribution >= 0.6 is 0 Å². The Morgan fingerprint density at radius 1 is 1.33 bits per heavy atom. The largest absolute Gasteiger partial charge is 0.306 e. The molecule has 1 fully saturated rings. The summed E-state index contributed by atoms with van der Waals surface area (Å²) < 4.78 is 1.87. The lowest BCUT2D eigenvalue weighted by Gasteiger charge is -2.22. The summed E-state index contributed by atoms with van der Waals surface area (Å²) in [6.45, 7) is 11.5. The van der Waals surface area contributed by atoms with Crippen LogP contribution in [0, 0.1) is 5.92 Å². The second kappa shape index (κ2) is 5.41. The second-order valence-electron chi connectivity index (χ2n) is 5.97. The highest BCUT2D eigenvalue weighted by molar-refractivity contribution is 5.10. The highest BCUT2D eigenvalue weighted by atomic mass is 15.2. The fraction of sp³-hybridized carbons (Fsp3) is 0.786. The highest BCUT2D eigenvalue weighted by Crippen LogP contribution is 2.22. The van der Waals surface area contributed by atoms with Crippen LogP contribution in [-0.2, 0) is 7.05 Å². The molecule has 4 heteroatoms. The minimum atomic E-state index is 0.373. The Morgan fingerprint density at radius 3 is 2.56 bits per heavy atom. The summed E-state index contributed by atoms with van der Waals surface area (Å²) in [5, 5.41) is 7.99. The minimum Gasteiger partial charge on any atom is -0.306 e. The first-order valence-corrected chi connectivity index (χ1v) is 6.96. The van der Waals surface area contributed by atoms with Gasteiger partial charge in [0.15, 0.2) is 0 Å². The van der Waals surface area contributed by atoms with Crippen molar-refractivity contribution in [1.82, 2.24) is 20.0 Å². The maximum Gasteiger partial charge on any atom is 0.0537 e. The van der Waals surface area contributed by atoms with Crippen molar-refractivity contribution in [2.24, 2.45) is 13.0 Å². The van der Waals surface area contributed by atoms with Crippen molar-refractivity contribution in [2.45, 2.75) is 45.8 Å². The minimum absolute atomic E-state index is 0.373. The summed E-state index contributed by atoms with van der Waals surface area (Å²) in [7, 11) is 1.97. The average molecular weight is 250 g/mol. The molecule has 1 saturated heterocycles. The number of rotatable bonds is 4. The average Bonchev–Trinajstić information content (AvgIpc) is 2.86. The molecule has 0 saturated carbocycles. The molecule has 1 aliphatic heterocycles. The Balaban J connectivity index is 1.93. The summed E-state index contributed by atoms with van der Waals surface area (Å²) in [6, 6.07) is 1.61.